The van der Waals surface area contributed by atoms with Gasteiger partial charge >= 0.3 is 0 Å². The molecule has 1 unspecified atom stereocenters. The van der Waals surface area contributed by atoms with E-state index in [1.54, 1.807) is 12.5 Å². The van der Waals surface area contributed by atoms with Crippen molar-refractivity contribution in [3.05, 3.63) is 71.3 Å². The van der Waals surface area contributed by atoms with Gasteiger partial charge in [-0.05, 0) is 67.3 Å². The van der Waals surface area contributed by atoms with Crippen LogP contribution in [0.1, 0.15) is 62.1 Å². The maximum Gasteiger partial charge on any atom is 0.219 e. The molecule has 1 aliphatic carbocycles. The van der Waals surface area contributed by atoms with Crippen LogP contribution in [0.3, 0.4) is 0 Å². The van der Waals surface area contributed by atoms with Crippen molar-refractivity contribution in [2.45, 2.75) is 64.0 Å². The molecule has 2 aromatic rings. The van der Waals surface area contributed by atoms with Crippen molar-refractivity contribution in [3.63, 3.8) is 0 Å². The van der Waals surface area contributed by atoms with Crippen molar-refractivity contribution in [2.24, 2.45) is 11.8 Å². The quantitative estimate of drug-likeness (QED) is 0.667. The number of benzene rings is 2. The highest BCUT2D eigenvalue weighted by Crippen LogP contribution is 2.53. The Balaban J connectivity index is 1.44. The Morgan fingerprint density at radius 1 is 0.903 bits per heavy atom. The van der Waals surface area contributed by atoms with Crippen molar-refractivity contribution in [1.29, 1.82) is 0 Å². The summed E-state index contributed by atoms with van der Waals surface area (Å²) in [6, 6.07) is 19.9. The van der Waals surface area contributed by atoms with Crippen molar-refractivity contribution in [3.8, 4) is 0 Å². The van der Waals surface area contributed by atoms with Crippen LogP contribution in [0.5, 0.6) is 0 Å². The van der Waals surface area contributed by atoms with Crippen molar-refractivity contribution in [2.75, 3.05) is 19.6 Å². The molecular formula is C28H36N2O. The number of likely N-dealkylation sites (tertiary alicyclic amines) is 1. The number of amides is 1. The Hall–Kier alpha value is -2.13. The standard InChI is InChI=1S/C28H36N2O/c1-22(31)30-20-24-11-5-8-14-27(24)28(21-30,25-12-6-7-13-25)26-15-17-29(18-16-26)19-23-9-3-2-4-10-23/h2-5,8-11,14,25-26H,6-7,12-13,15-21H2,1H3. The number of nitrogens with zero attached hydrogens (tertiary/aromatic N) is 2. The molecule has 164 valence electrons. The highest BCUT2D eigenvalue weighted by atomic mass is 16.2. The molecule has 0 aromatic heterocycles. The zero-order chi connectivity index (χ0) is 21.3. The highest BCUT2D eigenvalue weighted by Gasteiger charge is 2.51. The van der Waals surface area contributed by atoms with Gasteiger partial charge in [0.05, 0.1) is 0 Å². The molecule has 1 saturated carbocycles. The third-order valence-electron chi connectivity index (χ3n) is 8.43. The Kier molecular flexibility index (Phi) is 5.88. The monoisotopic (exact) mass is 416 g/mol. The first-order valence-corrected chi connectivity index (χ1v) is 12.3. The molecule has 0 N–H and O–H groups in total. The van der Waals surface area contributed by atoms with Crippen LogP contribution in [-0.4, -0.2) is 35.3 Å². The van der Waals surface area contributed by atoms with Crippen LogP contribution in [0.15, 0.2) is 54.6 Å². The summed E-state index contributed by atoms with van der Waals surface area (Å²) in [5.41, 5.74) is 4.51. The zero-order valence-corrected chi connectivity index (χ0v) is 18.9. The lowest BCUT2D eigenvalue weighted by molar-refractivity contribution is -0.132. The van der Waals surface area contributed by atoms with E-state index in [9.17, 15) is 4.79 Å². The molecule has 0 radical (unpaired) electrons. The Bertz CT molecular complexity index is 896. The lowest BCUT2D eigenvalue weighted by Gasteiger charge is -2.54. The van der Waals surface area contributed by atoms with Gasteiger partial charge in [0.15, 0.2) is 0 Å². The predicted octanol–water partition coefficient (Wildman–Crippen LogP) is 5.39. The molecule has 3 nitrogen and oxygen atoms in total. The van der Waals surface area contributed by atoms with E-state index in [2.05, 4.69) is 64.4 Å². The summed E-state index contributed by atoms with van der Waals surface area (Å²) < 4.78 is 0. The van der Waals surface area contributed by atoms with Crippen LogP contribution in [0.4, 0.5) is 0 Å². The number of carbonyl (C=O) groups excluding carboxylic acids is 1. The normalized spacial score (nSPS) is 25.5. The fourth-order valence-electron chi connectivity index (χ4n) is 6.92. The van der Waals surface area contributed by atoms with E-state index in [1.807, 2.05) is 0 Å². The Labute approximate surface area is 187 Å². The van der Waals surface area contributed by atoms with Gasteiger partial charge < -0.3 is 4.90 Å². The molecule has 1 amide bonds. The molecule has 2 aliphatic heterocycles. The maximum atomic E-state index is 12.6. The van der Waals surface area contributed by atoms with Gasteiger partial charge in [-0.3, -0.25) is 9.69 Å². The second-order valence-corrected chi connectivity index (χ2v) is 10.1. The second kappa shape index (κ2) is 8.78. The van der Waals surface area contributed by atoms with Crippen molar-refractivity contribution < 1.29 is 4.79 Å². The molecular weight excluding hydrogens is 380 g/mol. The number of carbonyl (C=O) groups is 1. The summed E-state index contributed by atoms with van der Waals surface area (Å²) in [6.07, 6.45) is 7.82. The van der Waals surface area contributed by atoms with Crippen LogP contribution in [0, 0.1) is 11.8 Å². The number of fused-ring (bicyclic) bond motifs is 1. The molecule has 2 fully saturated rings. The van der Waals surface area contributed by atoms with Crippen LogP contribution >= 0.6 is 0 Å². The van der Waals surface area contributed by atoms with Gasteiger partial charge in [-0.15, -0.1) is 0 Å². The van der Waals surface area contributed by atoms with Gasteiger partial charge in [0, 0.05) is 32.0 Å². The SMILES string of the molecule is CC(=O)N1Cc2ccccc2C(C2CCCC2)(C2CCN(Cc3ccccc3)CC2)C1. The third-order valence-corrected chi connectivity index (χ3v) is 8.43. The first-order valence-electron chi connectivity index (χ1n) is 12.3. The first kappa shape index (κ1) is 20.8. The van der Waals surface area contributed by atoms with E-state index in [0.29, 0.717) is 11.8 Å². The molecule has 3 heteroatoms. The lowest BCUT2D eigenvalue weighted by Crippen LogP contribution is -2.56. The number of piperidine rings is 1. The summed E-state index contributed by atoms with van der Waals surface area (Å²) in [4.78, 5) is 17.3. The summed E-state index contributed by atoms with van der Waals surface area (Å²) >= 11 is 0. The first-order chi connectivity index (χ1) is 15.2. The van der Waals surface area contributed by atoms with Crippen molar-refractivity contribution in [1.82, 2.24) is 9.80 Å². The third kappa shape index (κ3) is 3.93. The molecule has 3 aliphatic rings. The topological polar surface area (TPSA) is 23.6 Å². The van der Waals surface area contributed by atoms with Gasteiger partial charge in [-0.25, -0.2) is 0 Å². The van der Waals surface area contributed by atoms with Gasteiger partial charge in [0.25, 0.3) is 0 Å². The Morgan fingerprint density at radius 3 is 2.26 bits per heavy atom. The van der Waals surface area contributed by atoms with Gasteiger partial charge in [0.1, 0.15) is 0 Å². The van der Waals surface area contributed by atoms with Gasteiger partial charge in [0.2, 0.25) is 5.91 Å². The number of hydrogen-bond acceptors (Lipinski definition) is 2. The summed E-state index contributed by atoms with van der Waals surface area (Å²) in [7, 11) is 0. The fourth-order valence-corrected chi connectivity index (χ4v) is 6.92. The van der Waals surface area contributed by atoms with Crippen LogP contribution in [0.2, 0.25) is 0 Å². The van der Waals surface area contributed by atoms with Gasteiger partial charge in [-0.2, -0.15) is 0 Å². The van der Waals surface area contributed by atoms with Crippen LogP contribution in [-0.2, 0) is 23.3 Å². The van der Waals surface area contributed by atoms with E-state index < -0.39 is 0 Å². The molecule has 0 spiro atoms. The van der Waals surface area contributed by atoms with E-state index >= 15 is 0 Å². The Morgan fingerprint density at radius 2 is 1.55 bits per heavy atom. The van der Waals surface area contributed by atoms with Crippen LogP contribution in [0.25, 0.3) is 0 Å². The smallest absolute Gasteiger partial charge is 0.219 e. The molecule has 1 atom stereocenters. The summed E-state index contributed by atoms with van der Waals surface area (Å²) in [5.74, 6) is 1.60. The minimum absolute atomic E-state index is 0.135. The molecule has 0 bridgehead atoms. The largest absolute Gasteiger partial charge is 0.338 e. The van der Waals surface area contributed by atoms with E-state index in [-0.39, 0.29) is 11.3 Å². The predicted molar refractivity (Wildman–Crippen MR) is 126 cm³/mol. The van der Waals surface area contributed by atoms with Gasteiger partial charge in [-0.1, -0.05) is 67.4 Å². The van der Waals surface area contributed by atoms with Crippen LogP contribution < -0.4 is 0 Å². The zero-order valence-electron chi connectivity index (χ0n) is 18.9. The molecule has 2 heterocycles. The second-order valence-electron chi connectivity index (χ2n) is 10.1. The fraction of sp³-hybridized carbons (Fsp3) is 0.536. The average Bonchev–Trinajstić information content (AvgIpc) is 3.35. The lowest BCUT2D eigenvalue weighted by atomic mass is 9.57. The minimum atomic E-state index is 0.135. The average molecular weight is 417 g/mol. The van der Waals surface area contributed by atoms with E-state index in [4.69, 9.17) is 0 Å². The molecule has 5 rings (SSSR count). The summed E-state index contributed by atoms with van der Waals surface area (Å²) in [5, 5.41) is 0. The van der Waals surface area contributed by atoms with E-state index in [0.717, 1.165) is 32.7 Å². The maximum absolute atomic E-state index is 12.6. The number of hydrogen-bond donors (Lipinski definition) is 0. The van der Waals surface area contributed by atoms with Crippen molar-refractivity contribution >= 4 is 5.91 Å². The highest BCUT2D eigenvalue weighted by molar-refractivity contribution is 5.74. The summed E-state index contributed by atoms with van der Waals surface area (Å²) in [6.45, 7) is 6.85. The minimum Gasteiger partial charge on any atom is -0.338 e. The molecule has 1 saturated heterocycles. The van der Waals surface area contributed by atoms with E-state index in [1.165, 1.54) is 49.7 Å². The molecule has 2 aromatic carbocycles. The number of rotatable bonds is 4. The molecule has 31 heavy (non-hydrogen) atoms.